The van der Waals surface area contributed by atoms with Gasteiger partial charge in [0.15, 0.2) is 0 Å². The molecule has 1 atom stereocenters. The van der Waals surface area contributed by atoms with E-state index in [9.17, 15) is 4.11 Å². The molecule has 12 rings (SSSR count). The molecule has 0 saturated heterocycles. The van der Waals surface area contributed by atoms with Crippen molar-refractivity contribution in [1.29, 1.82) is 0 Å². The van der Waals surface area contributed by atoms with Gasteiger partial charge in [-0.2, -0.15) is 0 Å². The van der Waals surface area contributed by atoms with Crippen LogP contribution in [0.15, 0.2) is 230 Å². The highest BCUT2D eigenvalue weighted by Gasteiger charge is 2.46. The highest BCUT2D eigenvalue weighted by molar-refractivity contribution is 6.10. The summed E-state index contributed by atoms with van der Waals surface area (Å²) in [5.41, 5.74) is 8.80. The average Bonchev–Trinajstić information content (AvgIpc) is 3.84. The smallest absolute Gasteiger partial charge is 0.0714 e. The van der Waals surface area contributed by atoms with Gasteiger partial charge < -0.3 is 9.47 Å². The first-order chi connectivity index (χ1) is 32.2. The Morgan fingerprint density at radius 3 is 1.97 bits per heavy atom. The number of aromatic nitrogens is 1. The van der Waals surface area contributed by atoms with Gasteiger partial charge in [0.25, 0.3) is 0 Å². The number of benzene rings is 10. The molecule has 1 unspecified atom stereocenters. The van der Waals surface area contributed by atoms with Crippen LogP contribution in [-0.2, 0) is 5.41 Å². The van der Waals surface area contributed by atoms with Gasteiger partial charge in [-0.3, -0.25) is 0 Å². The summed E-state index contributed by atoms with van der Waals surface area (Å²) >= 11 is 0. The quantitative estimate of drug-likeness (QED) is 0.164. The predicted molar refractivity (Wildman–Crippen MR) is 248 cm³/mol. The normalized spacial score (nSPS) is 16.2. The molecule has 11 aromatic rings. The first kappa shape index (κ1) is 27.0. The standard InChI is InChI=1S/C57H38N2/c1-3-19-45(20-4-1)58(47-31-28-40-16-8-10-18-42(40)36-47)48-32-33-54-51(38-48)49-23-11-13-25-53(49)57(54,43-29-27-39-15-7-9-17-41(39)35-43)44-30-34-56-52(37-44)50-24-12-14-26-55(50)59(56)46-21-5-2-6-22-46/h1-38H/i7D,9D,15D,17D,27D,29D,35D. The minimum absolute atomic E-state index is 0.0766. The zero-order chi connectivity index (χ0) is 45.0. The summed E-state index contributed by atoms with van der Waals surface area (Å²) in [6.07, 6.45) is 0. The Hall–Kier alpha value is -7.68. The van der Waals surface area contributed by atoms with Crippen molar-refractivity contribution in [1.82, 2.24) is 4.57 Å². The Bertz CT molecular complexity index is 3810. The number of hydrogen-bond acceptors (Lipinski definition) is 1. The third kappa shape index (κ3) is 5.06. The SMILES string of the molecule is [2H]c1c([2H])c([2H])c2c([2H])c(C3(c4ccc5c(c4)c4ccccc4n5-c4ccccc4)c4ccccc4-c4cc(N(c5ccccc5)c5ccc6ccccc6c5)ccc43)c([2H])c([2H])c2c1[2H]. The molecule has 0 fully saturated rings. The lowest BCUT2D eigenvalue weighted by Crippen LogP contribution is -2.28. The first-order valence-corrected chi connectivity index (χ1v) is 19.9. The van der Waals surface area contributed by atoms with Crippen LogP contribution in [0.1, 0.15) is 31.8 Å². The molecule has 10 aromatic carbocycles. The van der Waals surface area contributed by atoms with Crippen molar-refractivity contribution >= 4 is 60.4 Å². The molecule has 1 aromatic heterocycles. The van der Waals surface area contributed by atoms with E-state index in [1.807, 2.05) is 78.9 Å². The summed E-state index contributed by atoms with van der Waals surface area (Å²) < 4.78 is 67.2. The molecule has 0 spiro atoms. The Labute approximate surface area is 353 Å². The van der Waals surface area contributed by atoms with Gasteiger partial charge in [0.2, 0.25) is 0 Å². The van der Waals surface area contributed by atoms with E-state index in [2.05, 4.69) is 119 Å². The second kappa shape index (κ2) is 13.2. The van der Waals surface area contributed by atoms with Gasteiger partial charge in [-0.1, -0.05) is 158 Å². The zero-order valence-electron chi connectivity index (χ0n) is 38.8. The van der Waals surface area contributed by atoms with Gasteiger partial charge in [0.1, 0.15) is 0 Å². The lowest BCUT2D eigenvalue weighted by molar-refractivity contribution is 0.771. The molecular formula is C57H38N2. The van der Waals surface area contributed by atoms with Gasteiger partial charge >= 0.3 is 0 Å². The topological polar surface area (TPSA) is 8.17 Å². The number of anilines is 3. The molecule has 0 aliphatic heterocycles. The fourth-order valence-electron chi connectivity index (χ4n) is 9.51. The number of rotatable bonds is 6. The highest BCUT2D eigenvalue weighted by atomic mass is 15.1. The van der Waals surface area contributed by atoms with Crippen LogP contribution >= 0.6 is 0 Å². The predicted octanol–water partition coefficient (Wildman–Crippen LogP) is 14.9. The Kier molecular flexibility index (Phi) is 6.05. The average molecular weight is 758 g/mol. The van der Waals surface area contributed by atoms with E-state index in [0.29, 0.717) is 0 Å². The van der Waals surface area contributed by atoms with E-state index in [0.717, 1.165) is 83.1 Å². The van der Waals surface area contributed by atoms with Crippen molar-refractivity contribution < 1.29 is 9.60 Å². The molecule has 1 aliphatic carbocycles. The van der Waals surface area contributed by atoms with Crippen LogP contribution in [-0.4, -0.2) is 4.57 Å². The van der Waals surface area contributed by atoms with Crippen LogP contribution < -0.4 is 4.90 Å². The monoisotopic (exact) mass is 757 g/mol. The second-order valence-corrected chi connectivity index (χ2v) is 15.1. The fourth-order valence-corrected chi connectivity index (χ4v) is 9.51. The number of para-hydroxylation sites is 3. The Morgan fingerprint density at radius 2 is 1.08 bits per heavy atom. The van der Waals surface area contributed by atoms with Gasteiger partial charge in [-0.15, -0.1) is 0 Å². The molecule has 0 N–H and O–H groups in total. The summed E-state index contributed by atoms with van der Waals surface area (Å²) in [4.78, 5) is 2.24. The number of hydrogen-bond donors (Lipinski definition) is 0. The number of fused-ring (bicyclic) bond motifs is 8. The van der Waals surface area contributed by atoms with Crippen LogP contribution in [0.5, 0.6) is 0 Å². The van der Waals surface area contributed by atoms with Crippen molar-refractivity contribution in [3.8, 4) is 16.8 Å². The maximum absolute atomic E-state index is 10.2. The fraction of sp³-hybridized carbons (Fsp3) is 0.0175. The lowest BCUT2D eigenvalue weighted by atomic mass is 9.67. The van der Waals surface area contributed by atoms with E-state index in [1.54, 1.807) is 0 Å². The van der Waals surface area contributed by atoms with Crippen molar-refractivity contribution in [2.24, 2.45) is 0 Å². The van der Waals surface area contributed by atoms with Gasteiger partial charge in [-0.25, -0.2) is 0 Å². The molecule has 2 heteroatoms. The number of nitrogens with zero attached hydrogens (tertiary/aromatic N) is 2. The Balaban J connectivity index is 1.21. The summed E-state index contributed by atoms with van der Waals surface area (Å²) in [6, 6.07) is 61.7. The minimum Gasteiger partial charge on any atom is -0.310 e. The molecule has 2 nitrogen and oxygen atoms in total. The molecule has 0 bridgehead atoms. The van der Waals surface area contributed by atoms with Gasteiger partial charge in [-0.05, 0) is 128 Å². The van der Waals surface area contributed by atoms with Crippen molar-refractivity contribution in [2.45, 2.75) is 5.41 Å². The highest BCUT2D eigenvalue weighted by Crippen LogP contribution is 2.58. The van der Waals surface area contributed by atoms with Crippen molar-refractivity contribution in [2.75, 3.05) is 4.90 Å². The third-order valence-electron chi connectivity index (χ3n) is 12.0. The third-order valence-corrected chi connectivity index (χ3v) is 12.0. The Morgan fingerprint density at radius 1 is 0.407 bits per heavy atom. The molecule has 59 heavy (non-hydrogen) atoms. The van der Waals surface area contributed by atoms with Crippen LogP contribution in [0.25, 0.3) is 60.2 Å². The molecule has 1 aliphatic rings. The van der Waals surface area contributed by atoms with Crippen LogP contribution in [0.4, 0.5) is 17.1 Å². The summed E-state index contributed by atoms with van der Waals surface area (Å²) in [6.45, 7) is 0. The van der Waals surface area contributed by atoms with E-state index in [-0.39, 0.29) is 34.5 Å². The summed E-state index contributed by atoms with van der Waals surface area (Å²) in [5, 5.41) is 4.02. The van der Waals surface area contributed by atoms with E-state index < -0.39 is 29.6 Å². The van der Waals surface area contributed by atoms with E-state index in [4.69, 9.17) is 5.48 Å². The van der Waals surface area contributed by atoms with Crippen molar-refractivity contribution in [3.63, 3.8) is 0 Å². The zero-order valence-corrected chi connectivity index (χ0v) is 31.8. The molecule has 0 amide bonds. The van der Waals surface area contributed by atoms with Crippen LogP contribution in [0.3, 0.4) is 0 Å². The largest absolute Gasteiger partial charge is 0.310 e. The molecule has 276 valence electrons. The molecule has 1 heterocycles. The van der Waals surface area contributed by atoms with E-state index in [1.165, 1.54) is 0 Å². The first-order valence-electron chi connectivity index (χ1n) is 23.4. The molecule has 0 saturated carbocycles. The van der Waals surface area contributed by atoms with Gasteiger partial charge in [0.05, 0.1) is 26.0 Å². The van der Waals surface area contributed by atoms with Crippen LogP contribution in [0.2, 0.25) is 0 Å². The maximum Gasteiger partial charge on any atom is 0.0714 e. The molecular weight excluding hydrogens is 713 g/mol. The van der Waals surface area contributed by atoms with E-state index >= 15 is 0 Å². The minimum atomic E-state index is -1.39. The summed E-state index contributed by atoms with van der Waals surface area (Å²) in [7, 11) is 0. The summed E-state index contributed by atoms with van der Waals surface area (Å²) in [5.74, 6) is 0. The lowest BCUT2D eigenvalue weighted by Gasteiger charge is -2.34. The van der Waals surface area contributed by atoms with Gasteiger partial charge in [0, 0.05) is 33.5 Å². The van der Waals surface area contributed by atoms with Crippen molar-refractivity contribution in [3.05, 3.63) is 253 Å². The van der Waals surface area contributed by atoms with Crippen LogP contribution in [0, 0.1) is 0 Å². The second-order valence-electron chi connectivity index (χ2n) is 15.1. The molecule has 0 radical (unpaired) electrons. The maximum atomic E-state index is 10.2.